The highest BCUT2D eigenvalue weighted by Gasteiger charge is 2.21. The van der Waals surface area contributed by atoms with E-state index in [1.807, 2.05) is 13.8 Å². The predicted octanol–water partition coefficient (Wildman–Crippen LogP) is 0.00220. The zero-order chi connectivity index (χ0) is 12.8. The summed E-state index contributed by atoms with van der Waals surface area (Å²) in [7, 11) is 0. The van der Waals surface area contributed by atoms with Gasteiger partial charge in [0, 0.05) is 19.5 Å². The molecule has 0 aromatic carbocycles. The fourth-order valence-corrected chi connectivity index (χ4v) is 0.924. The first-order valence-corrected chi connectivity index (χ1v) is 5.57. The summed E-state index contributed by atoms with van der Waals surface area (Å²) < 4.78 is 0. The average molecular weight is 229 g/mol. The molecule has 0 aliphatic rings. The van der Waals surface area contributed by atoms with E-state index < -0.39 is 5.54 Å². The van der Waals surface area contributed by atoms with Crippen molar-refractivity contribution in [3.63, 3.8) is 0 Å². The molecule has 5 heteroatoms. The molecule has 0 saturated heterocycles. The Morgan fingerprint density at radius 2 is 1.81 bits per heavy atom. The van der Waals surface area contributed by atoms with Crippen LogP contribution in [0.1, 0.15) is 34.1 Å². The van der Waals surface area contributed by atoms with Gasteiger partial charge in [-0.15, -0.1) is 0 Å². The summed E-state index contributed by atoms with van der Waals surface area (Å²) in [5.41, 5.74) is 4.69. The predicted molar refractivity (Wildman–Crippen MR) is 63.7 cm³/mol. The zero-order valence-electron chi connectivity index (χ0n) is 10.6. The third kappa shape index (κ3) is 7.23. The number of carbonyl (C=O) groups excluding carboxylic acids is 2. The molecule has 0 spiro atoms. The van der Waals surface area contributed by atoms with Crippen LogP contribution < -0.4 is 16.4 Å². The first-order valence-electron chi connectivity index (χ1n) is 5.57. The van der Waals surface area contributed by atoms with E-state index in [0.29, 0.717) is 19.0 Å². The number of nitrogens with two attached hydrogens (primary N) is 1. The Balaban J connectivity index is 3.67. The molecule has 0 bridgehead atoms. The number of carbonyl (C=O) groups is 2. The van der Waals surface area contributed by atoms with E-state index in [0.717, 1.165) is 0 Å². The normalized spacial score (nSPS) is 11.4. The fourth-order valence-electron chi connectivity index (χ4n) is 0.924. The molecule has 0 fully saturated rings. The van der Waals surface area contributed by atoms with Gasteiger partial charge in [-0.2, -0.15) is 0 Å². The van der Waals surface area contributed by atoms with Crippen molar-refractivity contribution in [1.29, 1.82) is 0 Å². The van der Waals surface area contributed by atoms with Gasteiger partial charge in [-0.3, -0.25) is 9.59 Å². The summed E-state index contributed by atoms with van der Waals surface area (Å²) in [5.74, 6) is 0.134. The lowest BCUT2D eigenvalue weighted by Gasteiger charge is -2.17. The first kappa shape index (κ1) is 14.9. The second-order valence-corrected chi connectivity index (χ2v) is 4.93. The van der Waals surface area contributed by atoms with Crippen LogP contribution in [0.4, 0.5) is 0 Å². The van der Waals surface area contributed by atoms with Crippen LogP contribution in [-0.2, 0) is 9.59 Å². The summed E-state index contributed by atoms with van der Waals surface area (Å²) >= 11 is 0. The molecule has 4 N–H and O–H groups in total. The molecule has 0 atom stereocenters. The SMILES string of the molecule is CC(C)CNC(=O)CCNC(=O)C(C)(C)N. The monoisotopic (exact) mass is 229 g/mol. The summed E-state index contributed by atoms with van der Waals surface area (Å²) in [6.45, 7) is 8.29. The molecule has 2 amide bonds. The summed E-state index contributed by atoms with van der Waals surface area (Å²) in [5, 5.41) is 5.39. The molecule has 0 heterocycles. The van der Waals surface area contributed by atoms with Gasteiger partial charge in [-0.1, -0.05) is 13.8 Å². The maximum absolute atomic E-state index is 11.3. The molecule has 5 nitrogen and oxygen atoms in total. The van der Waals surface area contributed by atoms with Gasteiger partial charge in [0.2, 0.25) is 11.8 Å². The van der Waals surface area contributed by atoms with Crippen molar-refractivity contribution in [3.05, 3.63) is 0 Å². The highest BCUT2D eigenvalue weighted by molar-refractivity contribution is 5.85. The largest absolute Gasteiger partial charge is 0.356 e. The fraction of sp³-hybridized carbons (Fsp3) is 0.818. The van der Waals surface area contributed by atoms with E-state index in [4.69, 9.17) is 5.73 Å². The van der Waals surface area contributed by atoms with Crippen molar-refractivity contribution in [1.82, 2.24) is 10.6 Å². The van der Waals surface area contributed by atoms with E-state index in [1.54, 1.807) is 13.8 Å². The first-order chi connectivity index (χ1) is 7.23. The zero-order valence-corrected chi connectivity index (χ0v) is 10.6. The van der Waals surface area contributed by atoms with Gasteiger partial charge in [0.1, 0.15) is 0 Å². The van der Waals surface area contributed by atoms with Gasteiger partial charge in [0.05, 0.1) is 5.54 Å². The minimum absolute atomic E-state index is 0.0520. The minimum Gasteiger partial charge on any atom is -0.356 e. The van der Waals surface area contributed by atoms with Gasteiger partial charge in [0.15, 0.2) is 0 Å². The van der Waals surface area contributed by atoms with Crippen molar-refractivity contribution in [2.45, 2.75) is 39.7 Å². The number of rotatable bonds is 6. The van der Waals surface area contributed by atoms with Crippen LogP contribution in [0.2, 0.25) is 0 Å². The maximum atomic E-state index is 11.3. The third-order valence-corrected chi connectivity index (χ3v) is 1.93. The van der Waals surface area contributed by atoms with Crippen LogP contribution in [-0.4, -0.2) is 30.4 Å². The average Bonchev–Trinajstić information content (AvgIpc) is 2.13. The number of amides is 2. The number of hydrogen-bond acceptors (Lipinski definition) is 3. The lowest BCUT2D eigenvalue weighted by molar-refractivity contribution is -0.125. The van der Waals surface area contributed by atoms with Crippen LogP contribution in [0.15, 0.2) is 0 Å². The molecule has 94 valence electrons. The topological polar surface area (TPSA) is 84.2 Å². The van der Waals surface area contributed by atoms with E-state index in [1.165, 1.54) is 0 Å². The van der Waals surface area contributed by atoms with Gasteiger partial charge in [-0.25, -0.2) is 0 Å². The number of nitrogens with one attached hydrogen (secondary N) is 2. The quantitative estimate of drug-likeness (QED) is 0.599. The van der Waals surface area contributed by atoms with E-state index in [-0.39, 0.29) is 18.2 Å². The molecule has 0 unspecified atom stereocenters. The van der Waals surface area contributed by atoms with Crippen LogP contribution in [0.3, 0.4) is 0 Å². The molecule has 0 saturated carbocycles. The van der Waals surface area contributed by atoms with Gasteiger partial charge in [0.25, 0.3) is 0 Å². The Labute approximate surface area is 97.2 Å². The van der Waals surface area contributed by atoms with Crippen molar-refractivity contribution >= 4 is 11.8 Å². The van der Waals surface area contributed by atoms with Crippen LogP contribution >= 0.6 is 0 Å². The molecule has 0 radical (unpaired) electrons. The van der Waals surface area contributed by atoms with E-state index in [2.05, 4.69) is 10.6 Å². The van der Waals surface area contributed by atoms with E-state index >= 15 is 0 Å². The van der Waals surface area contributed by atoms with Gasteiger partial charge < -0.3 is 16.4 Å². The summed E-state index contributed by atoms with van der Waals surface area (Å²) in [6.07, 6.45) is 0.286. The van der Waals surface area contributed by atoms with Gasteiger partial charge in [-0.05, 0) is 19.8 Å². The Kier molecular flexibility index (Phi) is 6.03. The second-order valence-electron chi connectivity index (χ2n) is 4.93. The Morgan fingerprint density at radius 1 is 1.25 bits per heavy atom. The van der Waals surface area contributed by atoms with Crippen molar-refractivity contribution in [3.8, 4) is 0 Å². The second kappa shape index (κ2) is 6.48. The number of hydrogen-bond donors (Lipinski definition) is 3. The minimum atomic E-state index is -0.894. The molecule has 0 aromatic heterocycles. The molecular weight excluding hydrogens is 206 g/mol. The summed E-state index contributed by atoms with van der Waals surface area (Å²) in [4.78, 5) is 22.6. The molecule has 0 aromatic rings. The lowest BCUT2D eigenvalue weighted by atomic mass is 10.1. The molecular formula is C11H23N3O2. The van der Waals surface area contributed by atoms with Crippen molar-refractivity contribution in [2.24, 2.45) is 11.7 Å². The molecule has 0 aliphatic heterocycles. The smallest absolute Gasteiger partial charge is 0.239 e. The Morgan fingerprint density at radius 3 is 2.25 bits per heavy atom. The summed E-state index contributed by atoms with van der Waals surface area (Å²) in [6, 6.07) is 0. The highest BCUT2D eigenvalue weighted by Crippen LogP contribution is 1.95. The maximum Gasteiger partial charge on any atom is 0.239 e. The van der Waals surface area contributed by atoms with Crippen molar-refractivity contribution < 1.29 is 9.59 Å². The van der Waals surface area contributed by atoms with Gasteiger partial charge >= 0.3 is 0 Å². The molecule has 0 aliphatic carbocycles. The van der Waals surface area contributed by atoms with Crippen LogP contribution in [0.25, 0.3) is 0 Å². The molecule has 16 heavy (non-hydrogen) atoms. The third-order valence-electron chi connectivity index (χ3n) is 1.93. The molecule has 0 rings (SSSR count). The van der Waals surface area contributed by atoms with E-state index in [9.17, 15) is 9.59 Å². The highest BCUT2D eigenvalue weighted by atomic mass is 16.2. The Bertz CT molecular complexity index is 244. The lowest BCUT2D eigenvalue weighted by Crippen LogP contribution is -2.49. The standard InChI is InChI=1S/C11H23N3O2/c1-8(2)7-14-9(15)5-6-13-10(16)11(3,4)12/h8H,5-7,12H2,1-4H3,(H,13,16)(H,14,15). The Hall–Kier alpha value is -1.10. The van der Waals surface area contributed by atoms with Crippen LogP contribution in [0.5, 0.6) is 0 Å². The van der Waals surface area contributed by atoms with Crippen molar-refractivity contribution in [2.75, 3.05) is 13.1 Å². The van der Waals surface area contributed by atoms with Crippen LogP contribution in [0, 0.1) is 5.92 Å².